The molecule has 44 heavy (non-hydrogen) atoms. The highest BCUT2D eigenvalue weighted by atomic mass is 35.5. The summed E-state index contributed by atoms with van der Waals surface area (Å²) < 4.78 is 9.53. The molecule has 242 valence electrons. The van der Waals surface area contributed by atoms with E-state index in [9.17, 15) is 29.1 Å². The second-order valence-corrected chi connectivity index (χ2v) is 13.3. The molecule has 3 aliphatic rings. The highest BCUT2D eigenvalue weighted by molar-refractivity contribution is 8.00. The fraction of sp³-hybridized carbons (Fsp3) is 0.583. The topological polar surface area (TPSA) is 230 Å². The van der Waals surface area contributed by atoms with Crippen LogP contribution in [0.15, 0.2) is 16.5 Å². The van der Waals surface area contributed by atoms with Gasteiger partial charge in [-0.3, -0.25) is 23.9 Å². The summed E-state index contributed by atoms with van der Waals surface area (Å²) in [5.41, 5.74) is 3.04. The molecular formula is C24H33ClN8O9S2. The van der Waals surface area contributed by atoms with E-state index in [1.54, 1.807) is 25.7 Å². The highest BCUT2D eigenvalue weighted by Gasteiger charge is 2.63. The lowest BCUT2D eigenvalue weighted by Gasteiger charge is -2.57. The number of rotatable bonds is 8. The molecule has 0 aliphatic carbocycles. The molecule has 4 N–H and O–H groups in total. The van der Waals surface area contributed by atoms with Crippen molar-refractivity contribution in [2.24, 2.45) is 5.16 Å². The first-order chi connectivity index (χ1) is 20.0. The Morgan fingerprint density at radius 1 is 1.27 bits per heavy atom. The van der Waals surface area contributed by atoms with Crippen molar-refractivity contribution in [3.8, 4) is 0 Å². The molecule has 2 atom stereocenters. The molecule has 0 spiro atoms. The first kappa shape index (κ1) is 34.8. The number of hydrogen-bond acceptors (Lipinski definition) is 14. The number of anilines is 1. The van der Waals surface area contributed by atoms with Gasteiger partial charge in [0.2, 0.25) is 18.1 Å². The number of fused-ring (bicyclic) bond motifs is 1. The van der Waals surface area contributed by atoms with Crippen molar-refractivity contribution in [2.45, 2.75) is 44.2 Å². The van der Waals surface area contributed by atoms with E-state index in [-0.39, 0.29) is 39.3 Å². The molecular weight excluding hydrogens is 644 g/mol. The fourth-order valence-electron chi connectivity index (χ4n) is 4.87. The number of nitrogen functional groups attached to an aromatic ring is 1. The molecule has 0 bridgehead atoms. The molecule has 3 amide bonds. The van der Waals surface area contributed by atoms with Gasteiger partial charge < -0.3 is 35.6 Å². The molecule has 1 aromatic heterocycles. The van der Waals surface area contributed by atoms with Crippen LogP contribution in [0.2, 0.25) is 0 Å². The summed E-state index contributed by atoms with van der Waals surface area (Å²) in [6, 6.07) is 0. The number of piperazine rings is 1. The van der Waals surface area contributed by atoms with Crippen LogP contribution in [0.4, 0.5) is 9.93 Å². The standard InChI is InChI=1S/C24H32N8O9S2.ClH/c1-23(2,3)41-22(39)30-6-8-32(5,9-7-30)12-11-42-20-24(4,19(38)31(20)15(12)18(36)37)27-17(35)14(28-40-10-13(33)34)16-26-21(25)43-29-16;/h20H,6-11H2,1-5H3,(H4-,25,26,27,29,33,34,35,36,37);1H/t20-,24+;/m0./s1. The number of likely N-dealkylation sites (N-methyl/N-ethyl adjacent to an activating group) is 1. The molecule has 1 aromatic rings. The number of carboxylic acids is 2. The zero-order valence-corrected chi connectivity index (χ0v) is 27.0. The number of amides is 3. The van der Waals surface area contributed by atoms with Crippen molar-refractivity contribution in [2.75, 3.05) is 51.3 Å². The van der Waals surface area contributed by atoms with Gasteiger partial charge >= 0.3 is 12.1 Å². The predicted octanol–water partition coefficient (Wildman–Crippen LogP) is -1.20. The molecule has 0 radical (unpaired) electrons. The van der Waals surface area contributed by atoms with E-state index in [0.29, 0.717) is 31.9 Å². The van der Waals surface area contributed by atoms with E-state index in [0.717, 1.165) is 16.4 Å². The van der Waals surface area contributed by atoms with Gasteiger partial charge in [0.15, 0.2) is 5.13 Å². The fourth-order valence-corrected chi connectivity index (χ4v) is 6.91. The Morgan fingerprint density at radius 3 is 2.43 bits per heavy atom. The Balaban J connectivity index is 0.00000529. The van der Waals surface area contributed by atoms with Crippen LogP contribution < -0.4 is 16.2 Å². The third-order valence-corrected chi connectivity index (χ3v) is 9.07. The van der Waals surface area contributed by atoms with E-state index in [1.807, 2.05) is 7.05 Å². The van der Waals surface area contributed by atoms with Gasteiger partial charge in [0, 0.05) is 11.5 Å². The molecule has 2 saturated heterocycles. The second kappa shape index (κ2) is 12.7. The summed E-state index contributed by atoms with van der Waals surface area (Å²) in [6.07, 6.45) is -0.456. The third kappa shape index (κ3) is 6.84. The number of nitrogens with one attached hydrogen (secondary N) is 1. The molecule has 0 saturated carbocycles. The van der Waals surface area contributed by atoms with Crippen molar-refractivity contribution in [1.82, 2.24) is 24.5 Å². The van der Waals surface area contributed by atoms with Crippen LogP contribution in [0.1, 0.15) is 33.5 Å². The molecule has 20 heteroatoms. The molecule has 2 fully saturated rings. The largest absolute Gasteiger partial charge is 0.543 e. The van der Waals surface area contributed by atoms with Gasteiger partial charge in [-0.05, 0) is 27.7 Å². The maximum Gasteiger partial charge on any atom is 0.410 e. The minimum atomic E-state index is -1.57. The van der Waals surface area contributed by atoms with Crippen LogP contribution >= 0.6 is 35.7 Å². The van der Waals surface area contributed by atoms with Gasteiger partial charge in [-0.15, -0.1) is 24.2 Å². The maximum atomic E-state index is 13.5. The van der Waals surface area contributed by atoms with E-state index in [1.165, 1.54) is 18.7 Å². The van der Waals surface area contributed by atoms with Gasteiger partial charge in [-0.1, -0.05) is 5.16 Å². The molecule has 4 rings (SSSR count). The van der Waals surface area contributed by atoms with Crippen LogP contribution in [-0.4, -0.2) is 126 Å². The van der Waals surface area contributed by atoms with E-state index < -0.39 is 58.7 Å². The Morgan fingerprint density at radius 2 is 1.91 bits per heavy atom. The summed E-state index contributed by atoms with van der Waals surface area (Å²) >= 11 is 2.02. The van der Waals surface area contributed by atoms with Crippen molar-refractivity contribution < 1.29 is 48.2 Å². The smallest absolute Gasteiger partial charge is 0.410 e. The Labute approximate surface area is 266 Å². The van der Waals surface area contributed by atoms with Crippen molar-refractivity contribution in [3.05, 3.63) is 17.2 Å². The lowest BCUT2D eigenvalue weighted by Crippen LogP contribution is -2.79. The number of carboxylic acid groups (broad SMARTS) is 2. The monoisotopic (exact) mass is 676 g/mol. The van der Waals surface area contributed by atoms with Crippen molar-refractivity contribution in [1.29, 1.82) is 0 Å². The predicted molar refractivity (Wildman–Crippen MR) is 157 cm³/mol. The maximum absolute atomic E-state index is 13.5. The summed E-state index contributed by atoms with van der Waals surface area (Å²) in [7, 11) is 1.84. The third-order valence-electron chi connectivity index (χ3n) is 7.09. The van der Waals surface area contributed by atoms with E-state index >= 15 is 0 Å². The van der Waals surface area contributed by atoms with Crippen LogP contribution in [0, 0.1) is 0 Å². The van der Waals surface area contributed by atoms with Crippen LogP contribution in [-0.2, 0) is 28.8 Å². The zero-order valence-electron chi connectivity index (χ0n) is 24.5. The number of hydrogen-bond donors (Lipinski definition) is 3. The van der Waals surface area contributed by atoms with Gasteiger partial charge in [-0.2, -0.15) is 9.36 Å². The van der Waals surface area contributed by atoms with Gasteiger partial charge in [0.05, 0.1) is 31.9 Å². The number of halogens is 1. The van der Waals surface area contributed by atoms with Crippen LogP contribution in [0.25, 0.3) is 0 Å². The summed E-state index contributed by atoms with van der Waals surface area (Å²) in [4.78, 5) is 73.9. The number of carbonyl (C=O) groups excluding carboxylic acids is 4. The number of nitrogens with zero attached hydrogens (tertiary/aromatic N) is 6. The zero-order chi connectivity index (χ0) is 31.9. The Bertz CT molecular complexity index is 1420. The summed E-state index contributed by atoms with van der Waals surface area (Å²) in [6.45, 7) is 7.29. The lowest BCUT2D eigenvalue weighted by atomic mass is 9.88. The summed E-state index contributed by atoms with van der Waals surface area (Å²) in [5, 5.41) is 26.6. The minimum absolute atomic E-state index is 0. The molecule has 17 nitrogen and oxygen atoms in total. The number of β-lactam (4-membered cyclic amide) rings is 1. The molecule has 0 unspecified atom stereocenters. The molecule has 4 heterocycles. The SMILES string of the molecule is CC(C)(C)OC(=O)N1CC[N+](C)(C2=C(C(=O)[O-])N3C(=O)[C@@](C)(NC(=O)C(=NOCC(=O)O)c4nsc(N)n4)[C@@H]3SC2)CC1.Cl. The van der Waals surface area contributed by atoms with Crippen molar-refractivity contribution >= 4 is 76.4 Å². The molecule has 3 aliphatic heterocycles. The number of carbonyl (C=O) groups is 5. The average Bonchev–Trinajstić information content (AvgIpc) is 3.34. The lowest BCUT2D eigenvalue weighted by molar-refractivity contribution is -0.876. The number of oxime groups is 1. The Kier molecular flexibility index (Phi) is 10.1. The number of nitrogens with two attached hydrogens (primary N) is 1. The minimum Gasteiger partial charge on any atom is -0.543 e. The Hall–Kier alpha value is -3.68. The van der Waals surface area contributed by atoms with Gasteiger partial charge in [0.1, 0.15) is 41.0 Å². The number of ether oxygens (including phenoxy) is 1. The second-order valence-electron chi connectivity index (χ2n) is 11.5. The van der Waals surface area contributed by atoms with Gasteiger partial charge in [-0.25, -0.2) is 9.59 Å². The van der Waals surface area contributed by atoms with E-state index in [4.69, 9.17) is 20.4 Å². The normalized spacial score (nSPS) is 23.2. The number of aromatic nitrogens is 2. The van der Waals surface area contributed by atoms with Crippen LogP contribution in [0.3, 0.4) is 0 Å². The van der Waals surface area contributed by atoms with Crippen LogP contribution in [0.5, 0.6) is 0 Å². The highest BCUT2D eigenvalue weighted by Crippen LogP contribution is 2.47. The number of thioether (sulfide) groups is 1. The first-order valence-corrected chi connectivity index (χ1v) is 14.9. The quantitative estimate of drug-likeness (QED) is 0.127. The average molecular weight is 677 g/mol. The number of aliphatic carboxylic acids is 2. The summed E-state index contributed by atoms with van der Waals surface area (Å²) in [5.74, 6) is -4.58. The van der Waals surface area contributed by atoms with Gasteiger partial charge in [0.25, 0.3) is 11.8 Å². The molecule has 0 aromatic carbocycles. The van der Waals surface area contributed by atoms with Crippen molar-refractivity contribution in [3.63, 3.8) is 0 Å². The first-order valence-electron chi connectivity index (χ1n) is 13.0. The number of quaternary nitrogens is 1. The van der Waals surface area contributed by atoms with E-state index in [2.05, 4.69) is 19.8 Å².